The highest BCUT2D eigenvalue weighted by molar-refractivity contribution is 5.85. The standard InChI is InChI=1S/C14H21FN2O.ClH/c1-3-13(17-8-6-16-7-9-17)11-4-5-14(18-2)12(15)10-11;/h4-5,10,13,16H,3,6-9H2,1-2H3;1H/t13-;/m1./s1. The summed E-state index contributed by atoms with van der Waals surface area (Å²) < 4.78 is 18.7. The number of piperazine rings is 1. The average Bonchev–Trinajstić information content (AvgIpc) is 2.41. The zero-order valence-corrected chi connectivity index (χ0v) is 12.3. The van der Waals surface area contributed by atoms with Gasteiger partial charge >= 0.3 is 0 Å². The van der Waals surface area contributed by atoms with Crippen molar-refractivity contribution >= 4 is 12.4 Å². The third-order valence-corrected chi connectivity index (χ3v) is 3.54. The van der Waals surface area contributed by atoms with Crippen LogP contribution in [0.15, 0.2) is 18.2 Å². The second-order valence-corrected chi connectivity index (χ2v) is 4.60. The van der Waals surface area contributed by atoms with Gasteiger partial charge in [0, 0.05) is 32.2 Å². The van der Waals surface area contributed by atoms with Crippen LogP contribution in [-0.4, -0.2) is 38.2 Å². The second kappa shape index (κ2) is 7.68. The van der Waals surface area contributed by atoms with Crippen molar-refractivity contribution in [2.45, 2.75) is 19.4 Å². The minimum atomic E-state index is -0.274. The summed E-state index contributed by atoms with van der Waals surface area (Å²) in [6, 6.07) is 5.59. The summed E-state index contributed by atoms with van der Waals surface area (Å²) in [5.41, 5.74) is 1.04. The molecule has 0 saturated carbocycles. The van der Waals surface area contributed by atoms with Crippen molar-refractivity contribution in [2.24, 2.45) is 0 Å². The number of methoxy groups -OCH3 is 1. The van der Waals surface area contributed by atoms with Crippen molar-refractivity contribution < 1.29 is 9.13 Å². The Balaban J connectivity index is 0.00000180. The molecule has 0 aromatic heterocycles. The van der Waals surface area contributed by atoms with Crippen LogP contribution in [0, 0.1) is 5.82 Å². The summed E-state index contributed by atoms with van der Waals surface area (Å²) >= 11 is 0. The molecule has 5 heteroatoms. The van der Waals surface area contributed by atoms with Gasteiger partial charge in [0.2, 0.25) is 0 Å². The van der Waals surface area contributed by atoms with E-state index >= 15 is 0 Å². The molecule has 0 spiro atoms. The molecule has 1 aromatic rings. The molecular weight excluding hydrogens is 267 g/mol. The molecule has 1 aliphatic heterocycles. The Morgan fingerprint density at radius 3 is 2.58 bits per heavy atom. The van der Waals surface area contributed by atoms with Gasteiger partial charge in [0.15, 0.2) is 11.6 Å². The van der Waals surface area contributed by atoms with E-state index in [1.807, 2.05) is 6.07 Å². The Morgan fingerprint density at radius 2 is 2.05 bits per heavy atom. The number of rotatable bonds is 4. The van der Waals surface area contributed by atoms with Crippen molar-refractivity contribution in [3.8, 4) is 5.75 Å². The first kappa shape index (κ1) is 16.2. The quantitative estimate of drug-likeness (QED) is 0.922. The lowest BCUT2D eigenvalue weighted by Crippen LogP contribution is -2.45. The first-order chi connectivity index (χ1) is 8.76. The van der Waals surface area contributed by atoms with Gasteiger partial charge in [-0.25, -0.2) is 4.39 Å². The van der Waals surface area contributed by atoms with Crippen LogP contribution in [0.5, 0.6) is 5.75 Å². The first-order valence-electron chi connectivity index (χ1n) is 6.54. The molecule has 1 heterocycles. The van der Waals surface area contributed by atoms with E-state index in [-0.39, 0.29) is 18.2 Å². The molecule has 1 aromatic carbocycles. The molecule has 0 unspecified atom stereocenters. The lowest BCUT2D eigenvalue weighted by atomic mass is 10.0. The minimum Gasteiger partial charge on any atom is -0.494 e. The minimum absolute atomic E-state index is 0. The lowest BCUT2D eigenvalue weighted by molar-refractivity contribution is 0.169. The fourth-order valence-electron chi connectivity index (χ4n) is 2.59. The van der Waals surface area contributed by atoms with Crippen LogP contribution >= 0.6 is 12.4 Å². The van der Waals surface area contributed by atoms with Gasteiger partial charge < -0.3 is 10.1 Å². The van der Waals surface area contributed by atoms with Crippen molar-refractivity contribution in [3.63, 3.8) is 0 Å². The van der Waals surface area contributed by atoms with Crippen molar-refractivity contribution in [2.75, 3.05) is 33.3 Å². The maximum atomic E-state index is 13.8. The molecule has 0 aliphatic carbocycles. The van der Waals surface area contributed by atoms with Crippen LogP contribution in [0.1, 0.15) is 24.9 Å². The maximum Gasteiger partial charge on any atom is 0.165 e. The Bertz CT molecular complexity index is 397. The van der Waals surface area contributed by atoms with Crippen molar-refractivity contribution in [3.05, 3.63) is 29.6 Å². The van der Waals surface area contributed by atoms with E-state index in [4.69, 9.17) is 4.74 Å². The fraction of sp³-hybridized carbons (Fsp3) is 0.571. The summed E-state index contributed by atoms with van der Waals surface area (Å²) in [5, 5.41) is 3.34. The van der Waals surface area contributed by atoms with Gasteiger partial charge in [-0.3, -0.25) is 4.90 Å². The van der Waals surface area contributed by atoms with Gasteiger partial charge in [-0.15, -0.1) is 12.4 Å². The van der Waals surface area contributed by atoms with Crippen LogP contribution in [0.4, 0.5) is 4.39 Å². The zero-order chi connectivity index (χ0) is 13.0. The van der Waals surface area contributed by atoms with Crippen molar-refractivity contribution in [1.29, 1.82) is 0 Å². The second-order valence-electron chi connectivity index (χ2n) is 4.60. The predicted octanol–water partition coefficient (Wildman–Crippen LogP) is 2.61. The highest BCUT2D eigenvalue weighted by Crippen LogP contribution is 2.28. The Hall–Kier alpha value is -0.840. The van der Waals surface area contributed by atoms with Crippen LogP contribution in [-0.2, 0) is 0 Å². The highest BCUT2D eigenvalue weighted by atomic mass is 35.5. The fourth-order valence-corrected chi connectivity index (χ4v) is 2.59. The molecule has 0 bridgehead atoms. The predicted molar refractivity (Wildman–Crippen MR) is 77.7 cm³/mol. The molecule has 1 fully saturated rings. The van der Waals surface area contributed by atoms with Gasteiger partial charge in [-0.1, -0.05) is 13.0 Å². The molecule has 19 heavy (non-hydrogen) atoms. The highest BCUT2D eigenvalue weighted by Gasteiger charge is 2.21. The molecule has 0 amide bonds. The number of ether oxygens (including phenoxy) is 1. The number of nitrogens with zero attached hydrogens (tertiary/aromatic N) is 1. The van der Waals surface area contributed by atoms with Gasteiger partial charge in [0.25, 0.3) is 0 Å². The van der Waals surface area contributed by atoms with E-state index in [9.17, 15) is 4.39 Å². The van der Waals surface area contributed by atoms with Gasteiger partial charge in [-0.05, 0) is 24.1 Å². The van der Waals surface area contributed by atoms with Crippen LogP contribution < -0.4 is 10.1 Å². The van der Waals surface area contributed by atoms with E-state index in [2.05, 4.69) is 17.1 Å². The average molecular weight is 289 g/mol. The summed E-state index contributed by atoms with van der Waals surface area (Å²) in [6.07, 6.45) is 0.992. The van der Waals surface area contributed by atoms with E-state index in [0.717, 1.165) is 38.2 Å². The SMILES string of the molecule is CC[C@H](c1ccc(OC)c(F)c1)N1CCNCC1.Cl. The van der Waals surface area contributed by atoms with Crippen LogP contribution in [0.3, 0.4) is 0 Å². The number of hydrogen-bond donors (Lipinski definition) is 1. The Morgan fingerprint density at radius 1 is 1.37 bits per heavy atom. The monoisotopic (exact) mass is 288 g/mol. The molecule has 0 radical (unpaired) electrons. The molecule has 3 nitrogen and oxygen atoms in total. The smallest absolute Gasteiger partial charge is 0.165 e. The topological polar surface area (TPSA) is 24.5 Å². The Labute approximate surface area is 120 Å². The zero-order valence-electron chi connectivity index (χ0n) is 11.5. The number of hydrogen-bond acceptors (Lipinski definition) is 3. The summed E-state index contributed by atoms with van der Waals surface area (Å²) in [6.45, 7) is 6.21. The van der Waals surface area contributed by atoms with Crippen LogP contribution in [0.2, 0.25) is 0 Å². The third-order valence-electron chi connectivity index (χ3n) is 3.54. The molecule has 1 saturated heterocycles. The summed E-state index contributed by atoms with van der Waals surface area (Å²) in [4.78, 5) is 2.41. The van der Waals surface area contributed by atoms with E-state index in [1.54, 1.807) is 12.1 Å². The molecule has 1 atom stereocenters. The maximum absolute atomic E-state index is 13.8. The van der Waals surface area contributed by atoms with Gasteiger partial charge in [0.05, 0.1) is 7.11 Å². The third kappa shape index (κ3) is 3.81. The van der Waals surface area contributed by atoms with E-state index in [0.29, 0.717) is 11.8 Å². The van der Waals surface area contributed by atoms with Crippen molar-refractivity contribution in [1.82, 2.24) is 10.2 Å². The molecule has 1 N–H and O–H groups in total. The molecule has 108 valence electrons. The number of benzene rings is 1. The van der Waals surface area contributed by atoms with Gasteiger partial charge in [0.1, 0.15) is 0 Å². The van der Waals surface area contributed by atoms with E-state index in [1.165, 1.54) is 7.11 Å². The summed E-state index contributed by atoms with van der Waals surface area (Å²) in [5.74, 6) is 0.0394. The molecule has 2 rings (SSSR count). The lowest BCUT2D eigenvalue weighted by Gasteiger charge is -2.34. The first-order valence-corrected chi connectivity index (χ1v) is 6.54. The van der Waals surface area contributed by atoms with Crippen LogP contribution in [0.25, 0.3) is 0 Å². The normalized spacial score (nSPS) is 17.6. The molecular formula is C14H22ClFN2O. The number of halogens is 2. The van der Waals surface area contributed by atoms with Gasteiger partial charge in [-0.2, -0.15) is 0 Å². The Kier molecular flexibility index (Phi) is 6.55. The van der Waals surface area contributed by atoms with E-state index < -0.39 is 0 Å². The largest absolute Gasteiger partial charge is 0.494 e. The summed E-state index contributed by atoms with van der Waals surface area (Å²) in [7, 11) is 1.49. The molecule has 1 aliphatic rings. The number of nitrogens with one attached hydrogen (secondary N) is 1.